The van der Waals surface area contributed by atoms with E-state index >= 15 is 0 Å². The summed E-state index contributed by atoms with van der Waals surface area (Å²) in [7, 11) is 2.67. The fourth-order valence-corrected chi connectivity index (χ4v) is 1.96. The maximum Gasteiger partial charge on any atom is 0.416 e. The molecule has 20 heavy (non-hydrogen) atoms. The van der Waals surface area contributed by atoms with Gasteiger partial charge in [0.05, 0.1) is 25.3 Å². The van der Waals surface area contributed by atoms with Crippen LogP contribution in [-0.4, -0.2) is 14.2 Å². The Labute approximate surface area is 114 Å². The van der Waals surface area contributed by atoms with Crippen molar-refractivity contribution in [3.63, 3.8) is 0 Å². The normalized spacial score (nSPS) is 11.2. The smallest absolute Gasteiger partial charge is 0.416 e. The molecule has 2 rings (SSSR count). The second-order valence-electron chi connectivity index (χ2n) is 4.12. The minimum Gasteiger partial charge on any atom is -0.496 e. The number of benzene rings is 2. The van der Waals surface area contributed by atoms with Gasteiger partial charge in [0.25, 0.3) is 0 Å². The summed E-state index contributed by atoms with van der Waals surface area (Å²) in [6.45, 7) is 0. The Bertz CT molecular complexity index is 567. The third-order valence-electron chi connectivity index (χ3n) is 2.90. The van der Waals surface area contributed by atoms with Crippen LogP contribution in [0, 0.1) is 0 Å². The van der Waals surface area contributed by atoms with Crippen LogP contribution in [0.5, 0.6) is 11.5 Å². The number of ether oxygens (including phenoxy) is 2. The van der Waals surface area contributed by atoms with Crippen molar-refractivity contribution in [1.29, 1.82) is 0 Å². The van der Waals surface area contributed by atoms with E-state index in [0.717, 1.165) is 17.7 Å². The predicted octanol–water partition coefficient (Wildman–Crippen LogP) is 4.39. The van der Waals surface area contributed by atoms with Crippen LogP contribution in [0.4, 0.5) is 13.2 Å². The molecule has 0 aromatic heterocycles. The Hall–Kier alpha value is -2.17. The van der Waals surface area contributed by atoms with Gasteiger partial charge in [0, 0.05) is 0 Å². The van der Waals surface area contributed by atoms with Crippen molar-refractivity contribution in [3.05, 3.63) is 48.0 Å². The van der Waals surface area contributed by atoms with Crippen LogP contribution < -0.4 is 9.47 Å². The summed E-state index contributed by atoms with van der Waals surface area (Å²) in [5.74, 6) is 0.255. The minimum atomic E-state index is -4.45. The van der Waals surface area contributed by atoms with Gasteiger partial charge in [-0.05, 0) is 17.7 Å². The van der Waals surface area contributed by atoms with E-state index in [1.807, 2.05) is 6.07 Å². The molecule has 0 unspecified atom stereocenters. The van der Waals surface area contributed by atoms with E-state index in [2.05, 4.69) is 0 Å². The average molecular weight is 282 g/mol. The molecule has 0 bridgehead atoms. The molecule has 0 amide bonds. The largest absolute Gasteiger partial charge is 0.496 e. The van der Waals surface area contributed by atoms with Crippen molar-refractivity contribution in [3.8, 4) is 22.6 Å². The van der Waals surface area contributed by atoms with Crippen LogP contribution >= 0.6 is 0 Å². The van der Waals surface area contributed by atoms with E-state index in [4.69, 9.17) is 9.47 Å². The molecule has 0 aliphatic carbocycles. The van der Waals surface area contributed by atoms with Gasteiger partial charge in [0.2, 0.25) is 0 Å². The zero-order valence-corrected chi connectivity index (χ0v) is 11.0. The van der Waals surface area contributed by atoms with Crippen molar-refractivity contribution in [2.45, 2.75) is 6.18 Å². The van der Waals surface area contributed by atoms with Crippen molar-refractivity contribution in [2.24, 2.45) is 0 Å². The lowest BCUT2D eigenvalue weighted by atomic mass is 10.0. The number of hydrogen-bond acceptors (Lipinski definition) is 2. The minimum absolute atomic E-state index is 0.128. The van der Waals surface area contributed by atoms with Gasteiger partial charge in [-0.3, -0.25) is 0 Å². The maximum atomic E-state index is 12.8. The summed E-state index contributed by atoms with van der Waals surface area (Å²) >= 11 is 0. The first kappa shape index (κ1) is 14.2. The van der Waals surface area contributed by atoms with Crippen LogP contribution in [0.2, 0.25) is 0 Å². The number of halogens is 3. The second-order valence-corrected chi connectivity index (χ2v) is 4.12. The average Bonchev–Trinajstić information content (AvgIpc) is 2.45. The van der Waals surface area contributed by atoms with Crippen LogP contribution in [0.15, 0.2) is 42.5 Å². The molecule has 0 radical (unpaired) electrons. The van der Waals surface area contributed by atoms with E-state index in [-0.39, 0.29) is 11.5 Å². The van der Waals surface area contributed by atoms with Gasteiger partial charge in [0.1, 0.15) is 11.5 Å². The van der Waals surface area contributed by atoms with Gasteiger partial charge in [-0.25, -0.2) is 0 Å². The van der Waals surface area contributed by atoms with Crippen LogP contribution in [0.25, 0.3) is 11.1 Å². The first-order valence-corrected chi connectivity index (χ1v) is 5.86. The predicted molar refractivity (Wildman–Crippen MR) is 70.0 cm³/mol. The van der Waals surface area contributed by atoms with Crippen LogP contribution in [0.1, 0.15) is 5.56 Å². The van der Waals surface area contributed by atoms with E-state index in [0.29, 0.717) is 5.56 Å². The van der Waals surface area contributed by atoms with E-state index in [1.165, 1.54) is 14.2 Å². The Morgan fingerprint density at radius 3 is 1.75 bits per heavy atom. The molecule has 2 aromatic carbocycles. The Morgan fingerprint density at radius 2 is 1.35 bits per heavy atom. The summed E-state index contributed by atoms with van der Waals surface area (Å²) in [5, 5.41) is 0. The molecule has 0 aliphatic heterocycles. The summed E-state index contributed by atoms with van der Waals surface area (Å²) in [5.41, 5.74) is 0.435. The highest BCUT2D eigenvalue weighted by Crippen LogP contribution is 2.43. The third-order valence-corrected chi connectivity index (χ3v) is 2.90. The summed E-state index contributed by atoms with van der Waals surface area (Å²) < 4.78 is 48.7. The first-order chi connectivity index (χ1) is 9.47. The highest BCUT2D eigenvalue weighted by molar-refractivity contribution is 5.77. The highest BCUT2D eigenvalue weighted by Gasteiger charge is 2.33. The van der Waals surface area contributed by atoms with Crippen molar-refractivity contribution >= 4 is 0 Å². The SMILES string of the molecule is COc1cc(C(F)(F)F)cc(OC)c1-c1ccccc1. The molecule has 2 aromatic rings. The number of alkyl halides is 3. The fourth-order valence-electron chi connectivity index (χ4n) is 1.96. The van der Waals surface area contributed by atoms with Crippen LogP contribution in [-0.2, 0) is 6.18 Å². The van der Waals surface area contributed by atoms with E-state index in [9.17, 15) is 13.2 Å². The highest BCUT2D eigenvalue weighted by atomic mass is 19.4. The van der Waals surface area contributed by atoms with Gasteiger partial charge >= 0.3 is 6.18 Å². The monoisotopic (exact) mass is 282 g/mol. The molecular weight excluding hydrogens is 269 g/mol. The van der Waals surface area contributed by atoms with Crippen molar-refractivity contribution in [1.82, 2.24) is 0 Å². The zero-order valence-electron chi connectivity index (χ0n) is 11.0. The maximum absolute atomic E-state index is 12.8. The van der Waals surface area contributed by atoms with Gasteiger partial charge in [-0.1, -0.05) is 30.3 Å². The Balaban J connectivity index is 2.68. The van der Waals surface area contributed by atoms with E-state index < -0.39 is 11.7 Å². The standard InChI is InChI=1S/C15H13F3O2/c1-19-12-8-11(15(16,17)18)9-13(20-2)14(12)10-6-4-3-5-7-10/h3-9H,1-2H3. The quantitative estimate of drug-likeness (QED) is 0.831. The van der Waals surface area contributed by atoms with Gasteiger partial charge in [0.15, 0.2) is 0 Å². The molecule has 106 valence electrons. The molecule has 0 heterocycles. The number of rotatable bonds is 3. The van der Waals surface area contributed by atoms with Crippen molar-refractivity contribution in [2.75, 3.05) is 14.2 Å². The number of methoxy groups -OCH3 is 2. The van der Waals surface area contributed by atoms with Gasteiger partial charge in [-0.15, -0.1) is 0 Å². The number of hydrogen-bond donors (Lipinski definition) is 0. The van der Waals surface area contributed by atoms with Gasteiger partial charge in [-0.2, -0.15) is 13.2 Å². The second kappa shape index (κ2) is 5.45. The third kappa shape index (κ3) is 2.71. The molecule has 0 atom stereocenters. The lowest BCUT2D eigenvalue weighted by Crippen LogP contribution is -2.06. The molecule has 0 aliphatic rings. The lowest BCUT2D eigenvalue weighted by molar-refractivity contribution is -0.137. The Morgan fingerprint density at radius 1 is 0.850 bits per heavy atom. The Kier molecular flexibility index (Phi) is 3.88. The van der Waals surface area contributed by atoms with Crippen LogP contribution in [0.3, 0.4) is 0 Å². The molecule has 0 spiro atoms. The van der Waals surface area contributed by atoms with E-state index in [1.54, 1.807) is 24.3 Å². The molecule has 5 heteroatoms. The zero-order chi connectivity index (χ0) is 14.8. The molecule has 0 saturated carbocycles. The summed E-state index contributed by atoms with van der Waals surface area (Å²) in [6.07, 6.45) is -4.45. The molecule has 0 fully saturated rings. The first-order valence-electron chi connectivity index (χ1n) is 5.86. The molecule has 2 nitrogen and oxygen atoms in total. The topological polar surface area (TPSA) is 18.5 Å². The fraction of sp³-hybridized carbons (Fsp3) is 0.200. The van der Waals surface area contributed by atoms with Gasteiger partial charge < -0.3 is 9.47 Å². The lowest BCUT2D eigenvalue weighted by Gasteiger charge is -2.16. The molecule has 0 N–H and O–H groups in total. The molecular formula is C15H13F3O2. The molecule has 0 saturated heterocycles. The summed E-state index contributed by atoms with van der Waals surface area (Å²) in [4.78, 5) is 0. The van der Waals surface area contributed by atoms with Crippen molar-refractivity contribution < 1.29 is 22.6 Å². The summed E-state index contributed by atoms with van der Waals surface area (Å²) in [6, 6.07) is 10.9.